The first-order valence-corrected chi connectivity index (χ1v) is 24.1. The summed E-state index contributed by atoms with van der Waals surface area (Å²) in [6.45, 7) is 3.40. The summed E-state index contributed by atoms with van der Waals surface area (Å²) in [7, 11) is 0. The molecule has 10 nitrogen and oxygen atoms in total. The van der Waals surface area contributed by atoms with Gasteiger partial charge in [-0.15, -0.1) is 0 Å². The number of ether oxygens (including phenoxy) is 4. The van der Waals surface area contributed by atoms with Gasteiger partial charge in [-0.25, -0.2) is 0 Å². The molecular formula is C49H88O10. The predicted molar refractivity (Wildman–Crippen MR) is 238 cm³/mol. The van der Waals surface area contributed by atoms with Crippen molar-refractivity contribution in [1.29, 1.82) is 0 Å². The van der Waals surface area contributed by atoms with Gasteiger partial charge in [0, 0.05) is 12.8 Å². The smallest absolute Gasteiger partial charge is 0.306 e. The van der Waals surface area contributed by atoms with Gasteiger partial charge in [-0.2, -0.15) is 0 Å². The minimum absolute atomic E-state index is 0.220. The molecule has 6 atom stereocenters. The Morgan fingerprint density at radius 2 is 0.949 bits per heavy atom. The van der Waals surface area contributed by atoms with Crippen molar-refractivity contribution >= 4 is 11.9 Å². The third-order valence-corrected chi connectivity index (χ3v) is 11.0. The van der Waals surface area contributed by atoms with Crippen molar-refractivity contribution in [3.05, 3.63) is 36.5 Å². The van der Waals surface area contributed by atoms with Gasteiger partial charge >= 0.3 is 11.9 Å². The fourth-order valence-corrected chi connectivity index (χ4v) is 7.15. The molecule has 1 aliphatic heterocycles. The molecule has 10 heteroatoms. The van der Waals surface area contributed by atoms with Crippen LogP contribution in [0.1, 0.15) is 206 Å². The van der Waals surface area contributed by atoms with Crippen LogP contribution in [0.2, 0.25) is 0 Å². The SMILES string of the molecule is CCCCCC/C=C\C/C=C\CCCCCCCCCC(=O)OC(COC(=O)CCCCCCC/C=C\CCCCCCCCC)COC1OC(CO)C(O)C(O)C1O. The predicted octanol–water partition coefficient (Wildman–Crippen LogP) is 10.7. The number of esters is 2. The maximum Gasteiger partial charge on any atom is 0.306 e. The van der Waals surface area contributed by atoms with E-state index in [2.05, 4.69) is 50.3 Å². The lowest BCUT2D eigenvalue weighted by Gasteiger charge is -2.39. The van der Waals surface area contributed by atoms with Crippen molar-refractivity contribution in [2.45, 2.75) is 243 Å². The second-order valence-corrected chi connectivity index (χ2v) is 16.6. The van der Waals surface area contributed by atoms with Gasteiger partial charge in [0.15, 0.2) is 12.4 Å². The van der Waals surface area contributed by atoms with Gasteiger partial charge in [-0.05, 0) is 70.6 Å². The Bertz CT molecular complexity index is 1060. The van der Waals surface area contributed by atoms with Crippen molar-refractivity contribution in [2.24, 2.45) is 0 Å². The average Bonchev–Trinajstić information content (AvgIpc) is 3.23. The number of hydrogen-bond acceptors (Lipinski definition) is 10. The third-order valence-electron chi connectivity index (χ3n) is 11.0. The summed E-state index contributed by atoms with van der Waals surface area (Å²) in [5.41, 5.74) is 0. The minimum atomic E-state index is -1.60. The Labute approximate surface area is 359 Å². The van der Waals surface area contributed by atoms with Gasteiger partial charge in [0.2, 0.25) is 0 Å². The van der Waals surface area contributed by atoms with E-state index in [-0.39, 0.29) is 32.0 Å². The van der Waals surface area contributed by atoms with Crippen LogP contribution in [0.3, 0.4) is 0 Å². The number of aliphatic hydroxyl groups excluding tert-OH is 4. The average molecular weight is 837 g/mol. The molecule has 6 unspecified atom stereocenters. The molecule has 0 amide bonds. The van der Waals surface area contributed by atoms with Crippen molar-refractivity contribution in [3.8, 4) is 0 Å². The molecule has 1 rings (SSSR count). The number of carbonyl (C=O) groups is 2. The Kier molecular flexibility index (Phi) is 37.3. The molecule has 0 bridgehead atoms. The van der Waals surface area contributed by atoms with E-state index in [1.165, 1.54) is 103 Å². The van der Waals surface area contributed by atoms with Crippen LogP contribution in [0.4, 0.5) is 0 Å². The standard InChI is InChI=1S/C49H88O10/c1-3-5-7-9-11-13-15-17-19-21-22-24-26-28-30-32-34-36-38-45(52)58-42(41-57-49-48(55)47(54)46(53)43(39-50)59-49)40-56-44(51)37-35-33-31-29-27-25-23-20-18-16-14-12-10-8-6-4-2/h13,15,19-21,23,42-43,46-50,53-55H,3-12,14,16-18,22,24-41H2,1-2H3/b15-13-,21-19-,23-20-. The number of aliphatic hydroxyl groups is 4. The zero-order chi connectivity index (χ0) is 43.0. The number of unbranched alkanes of at least 4 members (excludes halogenated alkanes) is 23. The van der Waals surface area contributed by atoms with Crippen molar-refractivity contribution in [1.82, 2.24) is 0 Å². The van der Waals surface area contributed by atoms with Crippen LogP contribution in [-0.2, 0) is 28.5 Å². The molecule has 1 aliphatic rings. The molecule has 1 fully saturated rings. The quantitative estimate of drug-likeness (QED) is 0.0267. The molecular weight excluding hydrogens is 749 g/mol. The summed E-state index contributed by atoms with van der Waals surface area (Å²) in [6.07, 6.45) is 38.6. The third kappa shape index (κ3) is 31.4. The molecule has 0 aromatic carbocycles. The zero-order valence-electron chi connectivity index (χ0n) is 37.5. The second-order valence-electron chi connectivity index (χ2n) is 16.6. The second kappa shape index (κ2) is 40.0. The summed E-state index contributed by atoms with van der Waals surface area (Å²) in [5.74, 6) is -0.821. The topological polar surface area (TPSA) is 152 Å². The molecule has 0 aromatic heterocycles. The first kappa shape index (κ1) is 54.9. The van der Waals surface area contributed by atoms with Gasteiger partial charge in [-0.1, -0.05) is 159 Å². The summed E-state index contributed by atoms with van der Waals surface area (Å²) in [6, 6.07) is 0. The summed E-state index contributed by atoms with van der Waals surface area (Å²) in [5, 5.41) is 40.1. The molecule has 0 radical (unpaired) electrons. The fraction of sp³-hybridized carbons (Fsp3) is 0.837. The van der Waals surface area contributed by atoms with E-state index in [9.17, 15) is 30.0 Å². The highest BCUT2D eigenvalue weighted by atomic mass is 16.7. The molecule has 0 spiro atoms. The van der Waals surface area contributed by atoms with Crippen LogP contribution in [0, 0.1) is 0 Å². The number of carbonyl (C=O) groups excluding carboxylic acids is 2. The lowest BCUT2D eigenvalue weighted by molar-refractivity contribution is -0.305. The fourth-order valence-electron chi connectivity index (χ4n) is 7.15. The summed E-state index contributed by atoms with van der Waals surface area (Å²) >= 11 is 0. The van der Waals surface area contributed by atoms with Gasteiger partial charge in [0.25, 0.3) is 0 Å². The van der Waals surface area contributed by atoms with Crippen LogP contribution in [0.15, 0.2) is 36.5 Å². The van der Waals surface area contributed by atoms with E-state index in [4.69, 9.17) is 18.9 Å². The van der Waals surface area contributed by atoms with Crippen molar-refractivity contribution < 1.29 is 49.0 Å². The molecule has 0 aromatic rings. The first-order valence-electron chi connectivity index (χ1n) is 24.1. The largest absolute Gasteiger partial charge is 0.462 e. The van der Waals surface area contributed by atoms with E-state index < -0.39 is 49.4 Å². The van der Waals surface area contributed by atoms with Crippen LogP contribution >= 0.6 is 0 Å². The minimum Gasteiger partial charge on any atom is -0.462 e. The summed E-state index contributed by atoms with van der Waals surface area (Å²) in [4.78, 5) is 25.4. The molecule has 1 heterocycles. The normalized spacial score (nSPS) is 20.3. The monoisotopic (exact) mass is 837 g/mol. The van der Waals surface area contributed by atoms with Crippen LogP contribution in [-0.4, -0.2) is 89.0 Å². The molecule has 1 saturated heterocycles. The van der Waals surface area contributed by atoms with E-state index in [0.717, 1.165) is 64.2 Å². The lowest BCUT2D eigenvalue weighted by Crippen LogP contribution is -2.59. The van der Waals surface area contributed by atoms with Gasteiger partial charge in [0.1, 0.15) is 31.0 Å². The van der Waals surface area contributed by atoms with E-state index in [1.807, 2.05) is 0 Å². The highest BCUT2D eigenvalue weighted by molar-refractivity contribution is 5.70. The molecule has 4 N–H and O–H groups in total. The first-order chi connectivity index (χ1) is 28.8. The maximum atomic E-state index is 12.8. The van der Waals surface area contributed by atoms with Crippen molar-refractivity contribution in [2.75, 3.05) is 19.8 Å². The highest BCUT2D eigenvalue weighted by Crippen LogP contribution is 2.23. The molecule has 344 valence electrons. The van der Waals surface area contributed by atoms with Crippen LogP contribution in [0.25, 0.3) is 0 Å². The van der Waals surface area contributed by atoms with E-state index >= 15 is 0 Å². The van der Waals surface area contributed by atoms with E-state index in [0.29, 0.717) is 12.8 Å². The molecule has 59 heavy (non-hydrogen) atoms. The lowest BCUT2D eigenvalue weighted by atomic mass is 9.99. The number of hydrogen-bond donors (Lipinski definition) is 4. The summed E-state index contributed by atoms with van der Waals surface area (Å²) < 4.78 is 22.2. The van der Waals surface area contributed by atoms with Gasteiger partial charge in [0.05, 0.1) is 13.2 Å². The Balaban J connectivity index is 2.31. The van der Waals surface area contributed by atoms with Gasteiger partial charge < -0.3 is 39.4 Å². The van der Waals surface area contributed by atoms with Gasteiger partial charge in [-0.3, -0.25) is 9.59 Å². The zero-order valence-corrected chi connectivity index (χ0v) is 37.5. The van der Waals surface area contributed by atoms with Crippen LogP contribution < -0.4 is 0 Å². The number of allylic oxidation sites excluding steroid dienone is 6. The maximum absolute atomic E-state index is 12.8. The Hall–Kier alpha value is -2.08. The molecule has 0 aliphatic carbocycles. The Morgan fingerprint density at radius 3 is 1.44 bits per heavy atom. The Morgan fingerprint density at radius 1 is 0.525 bits per heavy atom. The van der Waals surface area contributed by atoms with Crippen molar-refractivity contribution in [3.63, 3.8) is 0 Å². The van der Waals surface area contributed by atoms with E-state index in [1.54, 1.807) is 0 Å². The van der Waals surface area contributed by atoms with Crippen LogP contribution in [0.5, 0.6) is 0 Å². The highest BCUT2D eigenvalue weighted by Gasteiger charge is 2.44. The molecule has 0 saturated carbocycles. The number of rotatable bonds is 40.